The van der Waals surface area contributed by atoms with E-state index in [4.69, 9.17) is 0 Å². The molecule has 1 heterocycles. The van der Waals surface area contributed by atoms with Gasteiger partial charge in [0.2, 0.25) is 0 Å². The molecule has 1 aliphatic rings. The molecule has 0 unspecified atom stereocenters. The smallest absolute Gasteiger partial charge is 0.266 e. The van der Waals surface area contributed by atoms with E-state index in [1.807, 2.05) is 6.07 Å². The fraction of sp³-hybridized carbons (Fsp3) is 0.214. The van der Waals surface area contributed by atoms with Crippen LogP contribution in [0.5, 0.6) is 0 Å². The summed E-state index contributed by atoms with van der Waals surface area (Å²) in [5, 5.41) is 3.67. The number of amides is 1. The Hall–Kier alpha value is -3.78. The summed E-state index contributed by atoms with van der Waals surface area (Å²) in [5.74, 6) is -0.663. The van der Waals surface area contributed by atoms with E-state index in [2.05, 4.69) is 10.3 Å². The highest BCUT2D eigenvalue weighted by molar-refractivity contribution is 7.99. The van der Waals surface area contributed by atoms with E-state index in [1.165, 1.54) is 28.8 Å². The molecule has 0 spiro atoms. The van der Waals surface area contributed by atoms with E-state index in [-0.39, 0.29) is 34.2 Å². The lowest BCUT2D eigenvalue weighted by Crippen LogP contribution is -2.32. The quantitative estimate of drug-likeness (QED) is 0.215. The van der Waals surface area contributed by atoms with Crippen LogP contribution < -0.4 is 10.9 Å². The minimum absolute atomic E-state index is 0.0605. The molecule has 182 valence electrons. The van der Waals surface area contributed by atoms with Crippen molar-refractivity contribution >= 4 is 34.4 Å². The third kappa shape index (κ3) is 5.09. The number of thioether (sulfide) groups is 1. The van der Waals surface area contributed by atoms with Crippen LogP contribution in [0.4, 0.5) is 4.39 Å². The number of nitrogens with zero attached hydrogens (tertiary/aromatic N) is 2. The van der Waals surface area contributed by atoms with Crippen LogP contribution in [0.1, 0.15) is 46.4 Å². The average molecular weight is 502 g/mol. The highest BCUT2D eigenvalue weighted by Crippen LogP contribution is 2.24. The molecule has 1 saturated carbocycles. The second kappa shape index (κ2) is 10.5. The van der Waals surface area contributed by atoms with Crippen molar-refractivity contribution in [3.05, 3.63) is 100 Å². The molecule has 4 aromatic rings. The van der Waals surface area contributed by atoms with Gasteiger partial charge in [0.25, 0.3) is 11.5 Å². The van der Waals surface area contributed by atoms with E-state index in [9.17, 15) is 18.8 Å². The highest BCUT2D eigenvalue weighted by Gasteiger charge is 2.20. The normalized spacial score (nSPS) is 13.7. The van der Waals surface area contributed by atoms with Crippen LogP contribution in [-0.4, -0.2) is 33.0 Å². The van der Waals surface area contributed by atoms with Gasteiger partial charge in [-0.3, -0.25) is 19.0 Å². The summed E-state index contributed by atoms with van der Waals surface area (Å²) in [4.78, 5) is 43.7. The zero-order valence-electron chi connectivity index (χ0n) is 19.4. The Bertz CT molecular complexity index is 1480. The van der Waals surface area contributed by atoms with Crippen molar-refractivity contribution in [1.29, 1.82) is 0 Å². The minimum Gasteiger partial charge on any atom is -0.349 e. The molecular formula is C28H24FN3O3S. The number of Topliss-reactive ketones (excluding diaryl/α,β-unsaturated/α-hetero) is 1. The molecule has 8 heteroatoms. The van der Waals surface area contributed by atoms with Gasteiger partial charge in [-0.1, -0.05) is 54.9 Å². The maximum absolute atomic E-state index is 13.6. The van der Waals surface area contributed by atoms with Crippen molar-refractivity contribution < 1.29 is 14.0 Å². The molecule has 1 fully saturated rings. The fourth-order valence-electron chi connectivity index (χ4n) is 4.40. The van der Waals surface area contributed by atoms with Crippen molar-refractivity contribution in [2.45, 2.75) is 36.9 Å². The molecule has 5 rings (SSSR count). The summed E-state index contributed by atoms with van der Waals surface area (Å²) >= 11 is 1.13. The number of nitrogens with one attached hydrogen (secondary N) is 1. The molecule has 0 bridgehead atoms. The number of fused-ring (bicyclic) bond motifs is 1. The average Bonchev–Trinajstić information content (AvgIpc) is 3.41. The summed E-state index contributed by atoms with van der Waals surface area (Å²) in [6, 6.07) is 19.4. The monoisotopic (exact) mass is 501 g/mol. The molecule has 1 amide bonds. The number of rotatable bonds is 7. The molecule has 0 atom stereocenters. The number of aromatic nitrogens is 2. The number of carbonyl (C=O) groups excluding carboxylic acids is 2. The Morgan fingerprint density at radius 3 is 2.42 bits per heavy atom. The highest BCUT2D eigenvalue weighted by atomic mass is 32.2. The summed E-state index contributed by atoms with van der Waals surface area (Å²) in [6.45, 7) is 0. The molecule has 3 aromatic carbocycles. The topological polar surface area (TPSA) is 81.1 Å². The van der Waals surface area contributed by atoms with Crippen LogP contribution in [0.3, 0.4) is 0 Å². The first-order valence-corrected chi connectivity index (χ1v) is 12.8. The Balaban J connectivity index is 1.53. The first kappa shape index (κ1) is 23.9. The molecule has 1 aliphatic carbocycles. The lowest BCUT2D eigenvalue weighted by atomic mass is 10.1. The molecule has 6 nitrogen and oxygen atoms in total. The van der Waals surface area contributed by atoms with Crippen LogP contribution in [0.15, 0.2) is 82.7 Å². The number of carbonyl (C=O) groups is 2. The number of hydrogen-bond donors (Lipinski definition) is 1. The van der Waals surface area contributed by atoms with Crippen LogP contribution >= 0.6 is 11.8 Å². The standard InChI is InChI=1S/C28H24FN3O3S/c29-20-11-13-22(14-12-20)32-27(35)23-15-10-19(26(34)30-21-8-4-5-9-21)16-24(23)31-28(32)36-17-25(33)18-6-2-1-3-7-18/h1-3,6-7,10-16,21H,4-5,8-9,17H2,(H,30,34). The third-order valence-electron chi connectivity index (χ3n) is 6.30. The maximum atomic E-state index is 13.6. The van der Waals surface area contributed by atoms with E-state index < -0.39 is 5.82 Å². The van der Waals surface area contributed by atoms with E-state index in [0.29, 0.717) is 27.7 Å². The largest absolute Gasteiger partial charge is 0.349 e. The molecule has 1 aromatic heterocycles. The van der Waals surface area contributed by atoms with Crippen molar-refractivity contribution in [2.75, 3.05) is 5.75 Å². The van der Waals surface area contributed by atoms with Crippen molar-refractivity contribution in [3.8, 4) is 5.69 Å². The predicted molar refractivity (Wildman–Crippen MR) is 139 cm³/mol. The van der Waals surface area contributed by atoms with Gasteiger partial charge in [-0.05, 0) is 55.3 Å². The SMILES string of the molecule is O=C(CSc1nc2cc(C(=O)NC3CCCC3)ccc2c(=O)n1-c1ccc(F)cc1)c1ccccc1. The van der Waals surface area contributed by atoms with E-state index >= 15 is 0 Å². The van der Waals surface area contributed by atoms with Crippen molar-refractivity contribution in [3.63, 3.8) is 0 Å². The van der Waals surface area contributed by atoms with Gasteiger partial charge in [0.15, 0.2) is 10.9 Å². The summed E-state index contributed by atoms with van der Waals surface area (Å²) in [7, 11) is 0. The summed E-state index contributed by atoms with van der Waals surface area (Å²) in [6.07, 6.45) is 4.15. The van der Waals surface area contributed by atoms with Crippen LogP contribution in [0, 0.1) is 5.82 Å². The fourth-order valence-corrected chi connectivity index (χ4v) is 5.30. The first-order chi connectivity index (χ1) is 17.5. The number of hydrogen-bond acceptors (Lipinski definition) is 5. The zero-order valence-corrected chi connectivity index (χ0v) is 20.3. The second-order valence-corrected chi connectivity index (χ2v) is 9.72. The second-order valence-electron chi connectivity index (χ2n) is 8.78. The van der Waals surface area contributed by atoms with Gasteiger partial charge in [0.1, 0.15) is 5.82 Å². The maximum Gasteiger partial charge on any atom is 0.266 e. The van der Waals surface area contributed by atoms with Crippen LogP contribution in [0.2, 0.25) is 0 Å². The lowest BCUT2D eigenvalue weighted by Gasteiger charge is -2.15. The van der Waals surface area contributed by atoms with E-state index in [0.717, 1.165) is 37.4 Å². The number of halogens is 1. The molecule has 1 N–H and O–H groups in total. The van der Waals surface area contributed by atoms with Gasteiger partial charge in [0.05, 0.1) is 22.3 Å². The Labute approximate surface area is 211 Å². The molecule has 0 saturated heterocycles. The molecular weight excluding hydrogens is 477 g/mol. The number of benzene rings is 3. The summed E-state index contributed by atoms with van der Waals surface area (Å²) < 4.78 is 15.0. The Morgan fingerprint density at radius 1 is 0.972 bits per heavy atom. The van der Waals surface area contributed by atoms with Crippen molar-refractivity contribution in [2.24, 2.45) is 0 Å². The third-order valence-corrected chi connectivity index (χ3v) is 7.24. The minimum atomic E-state index is -0.424. The molecule has 0 aliphatic heterocycles. The van der Waals surface area contributed by atoms with Crippen molar-refractivity contribution in [1.82, 2.24) is 14.9 Å². The lowest BCUT2D eigenvalue weighted by molar-refractivity contribution is 0.0937. The van der Waals surface area contributed by atoms with Crippen LogP contribution in [-0.2, 0) is 0 Å². The summed E-state index contributed by atoms with van der Waals surface area (Å²) in [5.41, 5.74) is 1.44. The van der Waals surface area contributed by atoms with Gasteiger partial charge in [-0.2, -0.15) is 0 Å². The number of ketones is 1. The predicted octanol–water partition coefficient (Wildman–Crippen LogP) is 5.17. The van der Waals surface area contributed by atoms with Gasteiger partial charge < -0.3 is 5.32 Å². The molecule has 36 heavy (non-hydrogen) atoms. The van der Waals surface area contributed by atoms with Gasteiger partial charge in [0, 0.05) is 17.2 Å². The van der Waals surface area contributed by atoms with Gasteiger partial charge in [-0.15, -0.1) is 0 Å². The van der Waals surface area contributed by atoms with Gasteiger partial charge in [-0.25, -0.2) is 9.37 Å². The Morgan fingerprint density at radius 2 is 1.69 bits per heavy atom. The Kier molecular flexibility index (Phi) is 6.95. The van der Waals surface area contributed by atoms with Gasteiger partial charge >= 0.3 is 0 Å². The zero-order chi connectivity index (χ0) is 25.1. The van der Waals surface area contributed by atoms with Crippen LogP contribution in [0.25, 0.3) is 16.6 Å². The van der Waals surface area contributed by atoms with E-state index in [1.54, 1.807) is 42.5 Å². The first-order valence-electron chi connectivity index (χ1n) is 11.8. The molecule has 0 radical (unpaired) electrons.